The molecule has 0 aliphatic heterocycles. The molecule has 0 aliphatic carbocycles. The van der Waals surface area contributed by atoms with Gasteiger partial charge in [0, 0.05) is 48.5 Å². The second-order valence-electron chi connectivity index (χ2n) is 31.0. The Hall–Kier alpha value is -17.2. The molecule has 0 unspecified atom stereocenters. The van der Waals surface area contributed by atoms with E-state index in [9.17, 15) is 28.8 Å². The molecule has 0 saturated heterocycles. The molecule has 131 heavy (non-hydrogen) atoms. The van der Waals surface area contributed by atoms with Gasteiger partial charge >= 0.3 is 0 Å². The molecule has 3 aromatic heterocycles. The summed E-state index contributed by atoms with van der Waals surface area (Å²) in [7, 11) is 0. The van der Waals surface area contributed by atoms with E-state index in [2.05, 4.69) is 0 Å². The van der Waals surface area contributed by atoms with E-state index in [4.69, 9.17) is 54.4 Å². The van der Waals surface area contributed by atoms with E-state index in [1.54, 1.807) is 54.6 Å². The van der Waals surface area contributed by atoms with Gasteiger partial charge in [-0.05, 0) is 274 Å². The van der Waals surface area contributed by atoms with Crippen LogP contribution in [0.2, 0.25) is 0 Å². The molecule has 3 heteroatoms. The lowest BCUT2D eigenvalue weighted by Crippen LogP contribution is -1.92. The summed E-state index contributed by atoms with van der Waals surface area (Å²) >= 11 is 0. The van der Waals surface area contributed by atoms with E-state index >= 15 is 0 Å². The number of rotatable bonds is 6. The first kappa shape index (κ1) is 39.7. The van der Waals surface area contributed by atoms with Crippen LogP contribution in [0.25, 0.3) is 283 Å². The third kappa shape index (κ3) is 11.8. The molecular formula is C128H76O3. The van der Waals surface area contributed by atoms with Gasteiger partial charge in [-0.2, -0.15) is 0 Å². The van der Waals surface area contributed by atoms with Gasteiger partial charge in [0.05, 0.1) is 69.9 Å². The molecule has 0 aliphatic rings. The van der Waals surface area contributed by atoms with Crippen molar-refractivity contribution in [1.82, 2.24) is 0 Å². The van der Waals surface area contributed by atoms with Crippen molar-refractivity contribution in [3.8, 4) is 66.8 Å². The molecule has 0 bridgehead atoms. The van der Waals surface area contributed by atoms with Crippen LogP contribution in [-0.2, 0) is 0 Å². The SMILES string of the molecule is [2H]c1c(-c2c3c([2H])c([2H])c([2H])c([2H])c3c(-c3cc4ccccc4c4ccccc34)c3c([2H])c([2H])c([2H])c([2H])c23)c([2H])c2c(oc3c4c([2H])c([2H])c([2H])c([2H])c4c([2H])c([2H])c32)c1[2H].[2H]c1c(-c2c3c([2H])c([2H])c([2H])c([2H])c3c(-c3ccc4c(ccc5ccccc54)c3)c3c([2H])c([2H])c([2H])c([2H])c23)c([2H])c2c(oc3c4c([2H])c([2H])c([2H])c([2H])c4c([2H])c([2H])c32)c1[2H].[2H]c1c(-c2c3c([2H])c([2H])c([2H])c([2H])c3c(-c3ccc4ccccc4c3)c3c([2H])c([2H])c([2H])c([2H])c23)c([2H])c2c(oc3c4c([2H])c([2H])c([2H])c([2H])c4c([2H])c([2H])c32)c1[2H]. The molecule has 606 valence electrons. The summed E-state index contributed by atoms with van der Waals surface area (Å²) in [5.74, 6) is 0. The zero-order valence-corrected chi connectivity index (χ0v) is 67.2. The van der Waals surface area contributed by atoms with Gasteiger partial charge in [-0.15, -0.1) is 0 Å². The second-order valence-corrected chi connectivity index (χ2v) is 31.0. The van der Waals surface area contributed by atoms with Gasteiger partial charge in [0.2, 0.25) is 0 Å². The maximum atomic E-state index is 9.82. The molecule has 0 fully saturated rings. The Kier molecular flexibility index (Phi) is 9.01. The molecule has 3 nitrogen and oxygen atoms in total. The largest absolute Gasteiger partial charge is 0.455 e. The van der Waals surface area contributed by atoms with Gasteiger partial charge in [-0.3, -0.25) is 0 Å². The highest BCUT2D eigenvalue weighted by Gasteiger charge is 2.25. The van der Waals surface area contributed by atoms with Crippen LogP contribution in [0.4, 0.5) is 0 Å². The predicted octanol–water partition coefficient (Wildman–Crippen LogP) is 36.9. The van der Waals surface area contributed by atoms with Crippen LogP contribution in [0.15, 0.2) is 473 Å². The third-order valence-electron chi connectivity index (χ3n) is 24.0. The average molecular weight is 1710 g/mol. The first-order valence-corrected chi connectivity index (χ1v) is 41.0. The summed E-state index contributed by atoms with van der Waals surface area (Å²) in [6.45, 7) is 0. The molecule has 0 radical (unpaired) electrons. The lowest BCUT2D eigenvalue weighted by Gasteiger charge is -2.19. The van der Waals surface area contributed by atoms with Crippen molar-refractivity contribution in [1.29, 1.82) is 0 Å². The normalized spacial score (nSPS) is 17.4. The minimum atomic E-state index is -0.739. The smallest absolute Gasteiger partial charge is 0.143 e. The molecule has 0 N–H and O–H groups in total. The Morgan fingerprint density at radius 2 is 0.420 bits per heavy atom. The van der Waals surface area contributed by atoms with E-state index in [-0.39, 0.29) is 179 Å². The van der Waals surface area contributed by atoms with E-state index in [1.807, 2.05) is 97.1 Å². The zero-order valence-electron chi connectivity index (χ0n) is 118. The van der Waals surface area contributed by atoms with Gasteiger partial charge in [0.1, 0.15) is 33.5 Å². The summed E-state index contributed by atoms with van der Waals surface area (Å²) in [5, 5.41) is 1.40. The Bertz CT molecular complexity index is 13000. The molecule has 0 atom stereocenters. The lowest BCUT2D eigenvalue weighted by atomic mass is 9.83. The van der Waals surface area contributed by atoms with E-state index in [0.717, 1.165) is 48.5 Å². The summed E-state index contributed by atoms with van der Waals surface area (Å²) < 4.78 is 477. The third-order valence-corrected chi connectivity index (χ3v) is 24.0. The molecule has 0 amide bonds. The van der Waals surface area contributed by atoms with Crippen LogP contribution in [0, 0.1) is 0 Å². The Balaban J connectivity index is 0.000000127. The van der Waals surface area contributed by atoms with E-state index in [1.165, 1.54) is 0 Å². The summed E-state index contributed by atoms with van der Waals surface area (Å²) in [4.78, 5) is 0. The molecule has 26 aromatic carbocycles. The minimum Gasteiger partial charge on any atom is -0.455 e. The molecule has 29 aromatic rings. The predicted molar refractivity (Wildman–Crippen MR) is 559 cm³/mol. The van der Waals surface area contributed by atoms with Crippen molar-refractivity contribution in [2.24, 2.45) is 0 Å². The van der Waals surface area contributed by atoms with Crippen LogP contribution < -0.4 is 0 Å². The van der Waals surface area contributed by atoms with Gasteiger partial charge in [0.25, 0.3) is 0 Å². The van der Waals surface area contributed by atoms with Crippen molar-refractivity contribution < 1.29 is 83.2 Å². The highest BCUT2D eigenvalue weighted by atomic mass is 16.3. The van der Waals surface area contributed by atoms with E-state index < -0.39 is 342 Å². The standard InChI is InChI=1S/2C44H26O.C40H24O/c1-4-14-31-27(11-1)21-23-38-39-26-29(22-24-41(39)45-44(31)38)42-34-17-7-9-19-36(34)43(37-20-10-8-18-35(37)42)40-25-28-12-2-3-13-30(28)32-15-5-6-16-33(32)40;1-3-11-32-27(9-1)17-18-29-25-30(20-22-33(29)32)42-35-13-5-7-15-37(35)43(38-16-8-6-14-36(38)42)31-21-24-41-40(26-31)39-23-19-28-10-2-4-12-34(28)44(39)45-41;1-2-11-27-23-28(18-17-25(27)9-1)38-31-13-5-7-15-33(31)39(34-16-8-6-14-32(34)38)29-20-22-37-36(24-29)35-21-19-26-10-3-4-12-30(26)40(35)41-37/h2*1-26H;1-24H/i1D,4D,7D,8D,9D,10D,11D,14D,17D,18D,19D,20D,21D,22D,23D,24D,26D;2D,4D,5D,6D,7D,8D,10D,12D,13D,14D,15D,16D,19D,21D,23D,24D,26D;3D,4D,5D,6D,7D,8D,10D,12D,13D,14D,15D,16D,19D,20D,21D,22D,24D. The van der Waals surface area contributed by atoms with Gasteiger partial charge in [0.15, 0.2) is 0 Å². The topological polar surface area (TPSA) is 39.4 Å². The zero-order chi connectivity index (χ0) is 130. The Morgan fingerprint density at radius 3 is 0.824 bits per heavy atom. The highest BCUT2D eigenvalue weighted by molar-refractivity contribution is 6.30. The lowest BCUT2D eigenvalue weighted by molar-refractivity contribution is 0.672. The van der Waals surface area contributed by atoms with Crippen molar-refractivity contribution in [3.63, 3.8) is 0 Å². The summed E-state index contributed by atoms with van der Waals surface area (Å²) in [6.07, 6.45) is 0. The van der Waals surface area contributed by atoms with Crippen LogP contribution in [0.1, 0.15) is 69.9 Å². The van der Waals surface area contributed by atoms with E-state index in [0.29, 0.717) is 22.1 Å². The number of hydrogen-bond acceptors (Lipinski definition) is 3. The average Bonchev–Trinajstić information content (AvgIpc) is 0.905. The van der Waals surface area contributed by atoms with Crippen LogP contribution in [0.5, 0.6) is 0 Å². The Morgan fingerprint density at radius 1 is 0.145 bits per heavy atom. The van der Waals surface area contributed by atoms with Gasteiger partial charge < -0.3 is 13.3 Å². The fraction of sp³-hybridized carbons (Fsp3) is 0. The molecule has 0 spiro atoms. The second kappa shape index (κ2) is 29.7. The van der Waals surface area contributed by atoms with Crippen LogP contribution in [0.3, 0.4) is 0 Å². The van der Waals surface area contributed by atoms with Gasteiger partial charge in [-0.25, -0.2) is 0 Å². The minimum absolute atomic E-state index is 0.0414. The highest BCUT2D eigenvalue weighted by Crippen LogP contribution is 2.52. The van der Waals surface area contributed by atoms with Crippen LogP contribution in [-0.4, -0.2) is 0 Å². The van der Waals surface area contributed by atoms with Crippen LogP contribution >= 0.6 is 0 Å². The van der Waals surface area contributed by atoms with Gasteiger partial charge in [-0.1, -0.05) is 387 Å². The fourth-order valence-corrected chi connectivity index (χ4v) is 18.4. The number of hydrogen-bond donors (Lipinski definition) is 0. The maximum Gasteiger partial charge on any atom is 0.143 e. The molecule has 29 rings (SSSR count). The molecule has 0 saturated carbocycles. The monoisotopic (exact) mass is 1710 g/mol. The molecule has 3 heterocycles. The Labute approximate surface area is 824 Å². The molecular weight excluding hydrogens is 1590 g/mol. The number of fused-ring (bicyclic) bond motifs is 28. The number of furan rings is 3. The van der Waals surface area contributed by atoms with Crippen molar-refractivity contribution in [3.05, 3.63) is 460 Å². The van der Waals surface area contributed by atoms with Crippen molar-refractivity contribution >= 4 is 217 Å². The maximum absolute atomic E-state index is 9.82. The summed E-state index contributed by atoms with van der Waals surface area (Å²) in [5.41, 5.74) is -3.74. The number of benzene rings is 26. The first-order valence-electron chi connectivity index (χ1n) is 66.5. The first-order chi connectivity index (χ1) is 86.2. The van der Waals surface area contributed by atoms with Crippen molar-refractivity contribution in [2.45, 2.75) is 0 Å². The fourth-order valence-electron chi connectivity index (χ4n) is 18.4. The van der Waals surface area contributed by atoms with Crippen molar-refractivity contribution in [2.75, 3.05) is 0 Å². The summed E-state index contributed by atoms with van der Waals surface area (Å²) in [6, 6.07) is 12.6. The quantitative estimate of drug-likeness (QED) is 0.123.